The summed E-state index contributed by atoms with van der Waals surface area (Å²) in [6.07, 6.45) is 2.83. The van der Waals surface area contributed by atoms with Crippen molar-refractivity contribution in [2.24, 2.45) is 9.98 Å². The minimum absolute atomic E-state index is 0.840. The van der Waals surface area contributed by atoms with Crippen molar-refractivity contribution >= 4 is 12.1 Å². The van der Waals surface area contributed by atoms with E-state index < -0.39 is 0 Å². The molecule has 0 saturated carbocycles. The van der Waals surface area contributed by atoms with Gasteiger partial charge in [-0.25, -0.2) is 4.99 Å². The predicted molar refractivity (Wildman–Crippen MR) is 37.8 cm³/mol. The van der Waals surface area contributed by atoms with E-state index in [2.05, 4.69) is 9.98 Å². The zero-order chi connectivity index (χ0) is 6.41. The highest BCUT2D eigenvalue weighted by molar-refractivity contribution is 5.87. The summed E-state index contributed by atoms with van der Waals surface area (Å²) in [7, 11) is 1.74. The Bertz CT molecular complexity index is 103. The number of rotatable bonds is 1. The Labute approximate surface area is 50.4 Å². The minimum atomic E-state index is 0.840. The van der Waals surface area contributed by atoms with E-state index in [1.54, 1.807) is 7.05 Å². The van der Waals surface area contributed by atoms with Crippen LogP contribution < -0.4 is 0 Å². The second kappa shape index (κ2) is 4.50. The van der Waals surface area contributed by atoms with Crippen molar-refractivity contribution in [3.8, 4) is 0 Å². The maximum absolute atomic E-state index is 3.99. The smallest absolute Gasteiger partial charge is 0.119 e. The molecule has 8 heavy (non-hydrogen) atoms. The molecule has 0 aliphatic rings. The molecule has 0 aliphatic heterocycles. The summed E-state index contributed by atoms with van der Waals surface area (Å²) in [5, 5.41) is 0. The van der Waals surface area contributed by atoms with E-state index in [4.69, 9.17) is 0 Å². The van der Waals surface area contributed by atoms with E-state index in [0.717, 1.165) is 12.3 Å². The fourth-order valence-corrected chi connectivity index (χ4v) is 0.281. The van der Waals surface area contributed by atoms with Gasteiger partial charge in [0.2, 0.25) is 0 Å². The summed E-state index contributed by atoms with van der Waals surface area (Å²) in [5.74, 6) is 0.840. The quantitative estimate of drug-likeness (QED) is 0.363. The third-order valence-electron chi connectivity index (χ3n) is 0.784. The molecule has 0 aromatic heterocycles. The van der Waals surface area contributed by atoms with Crippen molar-refractivity contribution in [3.05, 3.63) is 0 Å². The number of amidine groups is 1. The van der Waals surface area contributed by atoms with Crippen LogP contribution in [0.2, 0.25) is 0 Å². The van der Waals surface area contributed by atoms with Crippen molar-refractivity contribution in [1.29, 1.82) is 0 Å². The van der Waals surface area contributed by atoms with Crippen LogP contribution in [0.4, 0.5) is 0 Å². The summed E-state index contributed by atoms with van der Waals surface area (Å²) in [6.45, 7) is 3.93. The minimum Gasteiger partial charge on any atom is -0.274 e. The Balaban J connectivity index is 3.53. The Morgan fingerprint density at radius 2 is 2.25 bits per heavy atom. The molecule has 0 bridgehead atoms. The van der Waals surface area contributed by atoms with Crippen molar-refractivity contribution < 1.29 is 0 Å². The largest absolute Gasteiger partial charge is 0.274 e. The lowest BCUT2D eigenvalue weighted by atomic mass is 10.5. The van der Waals surface area contributed by atoms with Crippen LogP contribution in [0.25, 0.3) is 0 Å². The fraction of sp³-hybridized carbons (Fsp3) is 0.667. The summed E-state index contributed by atoms with van der Waals surface area (Å²) in [6, 6.07) is 0. The van der Waals surface area contributed by atoms with Gasteiger partial charge >= 0.3 is 0 Å². The third-order valence-corrected chi connectivity index (χ3v) is 0.784. The average molecular weight is 112 g/mol. The van der Waals surface area contributed by atoms with Gasteiger partial charge in [0.25, 0.3) is 0 Å². The lowest BCUT2D eigenvalue weighted by Crippen LogP contribution is -1.83. The molecule has 0 fully saturated rings. The maximum Gasteiger partial charge on any atom is 0.119 e. The molecule has 0 amide bonds. The van der Waals surface area contributed by atoms with Crippen LogP contribution in [0, 0.1) is 0 Å². The molecule has 0 spiro atoms. The molecule has 0 unspecified atom stereocenters. The standard InChI is InChI=1S/C6H12N2/c1-4-5-8-6(2)7-3/h5H,4H2,1-3H3/b7-6-,8-5-. The first-order valence-electron chi connectivity index (χ1n) is 2.77. The molecule has 0 aromatic rings. The van der Waals surface area contributed by atoms with Crippen molar-refractivity contribution in [2.75, 3.05) is 7.05 Å². The molecule has 2 heteroatoms. The summed E-state index contributed by atoms with van der Waals surface area (Å²) < 4.78 is 0. The van der Waals surface area contributed by atoms with Gasteiger partial charge in [-0.15, -0.1) is 0 Å². The Hall–Kier alpha value is -0.660. The lowest BCUT2D eigenvalue weighted by molar-refractivity contribution is 1.31. The predicted octanol–water partition coefficient (Wildman–Crippen LogP) is 1.52. The summed E-state index contributed by atoms with van der Waals surface area (Å²) in [5.41, 5.74) is 0. The Morgan fingerprint density at radius 3 is 2.62 bits per heavy atom. The van der Waals surface area contributed by atoms with Gasteiger partial charge in [-0.05, 0) is 13.3 Å². The average Bonchev–Trinajstić information content (AvgIpc) is 1.83. The molecule has 0 rings (SSSR count). The van der Waals surface area contributed by atoms with E-state index in [1.165, 1.54) is 0 Å². The molecule has 0 radical (unpaired) electrons. The molecule has 0 aliphatic carbocycles. The normalized spacial score (nSPS) is 13.1. The molecular weight excluding hydrogens is 100 g/mol. The van der Waals surface area contributed by atoms with Gasteiger partial charge in [0.15, 0.2) is 0 Å². The molecule has 0 saturated heterocycles. The van der Waals surface area contributed by atoms with Crippen molar-refractivity contribution in [2.45, 2.75) is 20.3 Å². The van der Waals surface area contributed by atoms with Gasteiger partial charge in [0.1, 0.15) is 5.84 Å². The Kier molecular flexibility index (Phi) is 4.13. The van der Waals surface area contributed by atoms with Crippen LogP contribution in [-0.2, 0) is 0 Å². The number of nitrogens with zero attached hydrogens (tertiary/aromatic N) is 2. The van der Waals surface area contributed by atoms with Crippen molar-refractivity contribution in [1.82, 2.24) is 0 Å². The SMILES string of the molecule is CC/C=N\C(C)=N/C. The topological polar surface area (TPSA) is 24.7 Å². The van der Waals surface area contributed by atoms with Gasteiger partial charge in [-0.3, -0.25) is 4.99 Å². The second-order valence-corrected chi connectivity index (χ2v) is 1.49. The van der Waals surface area contributed by atoms with E-state index in [1.807, 2.05) is 20.1 Å². The first-order chi connectivity index (χ1) is 3.81. The first-order valence-corrected chi connectivity index (χ1v) is 2.77. The van der Waals surface area contributed by atoms with Crippen molar-refractivity contribution in [3.63, 3.8) is 0 Å². The van der Waals surface area contributed by atoms with Gasteiger partial charge in [-0.2, -0.15) is 0 Å². The lowest BCUT2D eigenvalue weighted by Gasteiger charge is -1.83. The van der Waals surface area contributed by atoms with Crippen LogP contribution in [0.3, 0.4) is 0 Å². The van der Waals surface area contributed by atoms with E-state index in [9.17, 15) is 0 Å². The van der Waals surface area contributed by atoms with Crippen LogP contribution in [-0.4, -0.2) is 19.1 Å². The molecule has 0 aromatic carbocycles. The second-order valence-electron chi connectivity index (χ2n) is 1.49. The molecule has 46 valence electrons. The zero-order valence-corrected chi connectivity index (χ0v) is 5.68. The van der Waals surface area contributed by atoms with E-state index in [-0.39, 0.29) is 0 Å². The van der Waals surface area contributed by atoms with Gasteiger partial charge < -0.3 is 0 Å². The Morgan fingerprint density at radius 1 is 1.62 bits per heavy atom. The van der Waals surface area contributed by atoms with Gasteiger partial charge in [0.05, 0.1) is 0 Å². The van der Waals surface area contributed by atoms with Crippen LogP contribution in [0.1, 0.15) is 20.3 Å². The highest BCUT2D eigenvalue weighted by Gasteiger charge is 1.74. The van der Waals surface area contributed by atoms with E-state index in [0.29, 0.717) is 0 Å². The maximum atomic E-state index is 3.99. The molecule has 0 N–H and O–H groups in total. The van der Waals surface area contributed by atoms with E-state index >= 15 is 0 Å². The highest BCUT2D eigenvalue weighted by atomic mass is 14.9. The first kappa shape index (κ1) is 7.34. The summed E-state index contributed by atoms with van der Waals surface area (Å²) >= 11 is 0. The fourth-order valence-electron chi connectivity index (χ4n) is 0.281. The molecule has 0 atom stereocenters. The monoisotopic (exact) mass is 112 g/mol. The van der Waals surface area contributed by atoms with Crippen LogP contribution in [0.15, 0.2) is 9.98 Å². The number of hydrogen-bond donors (Lipinski definition) is 0. The van der Waals surface area contributed by atoms with Gasteiger partial charge in [-0.1, -0.05) is 6.92 Å². The molecule has 0 heterocycles. The third kappa shape index (κ3) is 3.53. The zero-order valence-electron chi connectivity index (χ0n) is 5.68. The molecule has 2 nitrogen and oxygen atoms in total. The molecular formula is C6H12N2. The van der Waals surface area contributed by atoms with Crippen LogP contribution >= 0.6 is 0 Å². The number of aliphatic imine (C=N–C) groups is 2. The number of hydrogen-bond acceptors (Lipinski definition) is 1. The highest BCUT2D eigenvalue weighted by Crippen LogP contribution is 1.75. The van der Waals surface area contributed by atoms with Gasteiger partial charge in [0, 0.05) is 13.3 Å². The summed E-state index contributed by atoms with van der Waals surface area (Å²) in [4.78, 5) is 7.83. The van der Waals surface area contributed by atoms with Crippen LogP contribution in [0.5, 0.6) is 0 Å².